The zero-order valence-corrected chi connectivity index (χ0v) is 12.0. The lowest BCUT2D eigenvalue weighted by atomic mass is 9.96. The highest BCUT2D eigenvalue weighted by atomic mass is 16.5. The van der Waals surface area contributed by atoms with Gasteiger partial charge in [-0.15, -0.1) is 0 Å². The summed E-state index contributed by atoms with van der Waals surface area (Å²) in [7, 11) is 0. The molecule has 0 unspecified atom stereocenters. The van der Waals surface area contributed by atoms with Gasteiger partial charge in [0.2, 0.25) is 5.91 Å². The number of carboxylic acids is 1. The molecular weight excluding hydrogens is 270 g/mol. The first kappa shape index (κ1) is 15.5. The van der Waals surface area contributed by atoms with Gasteiger partial charge in [-0.05, 0) is 42.9 Å². The molecule has 0 radical (unpaired) electrons. The third-order valence-electron chi connectivity index (χ3n) is 3.72. The van der Waals surface area contributed by atoms with E-state index in [4.69, 9.17) is 9.84 Å². The van der Waals surface area contributed by atoms with Gasteiger partial charge in [0.1, 0.15) is 0 Å². The highest BCUT2D eigenvalue weighted by Crippen LogP contribution is 2.18. The van der Waals surface area contributed by atoms with Gasteiger partial charge in [0, 0.05) is 26.2 Å². The standard InChI is InChI=1S/C16H21NO4/c18-15(11-13-5-8-21-9-6-13)17-7-4-12-2-1-3-14(10-12)16(19)20/h1-3,10,13H,4-9,11H2,(H,17,18)(H,19,20). The van der Waals surface area contributed by atoms with Gasteiger partial charge in [-0.2, -0.15) is 0 Å². The molecule has 5 heteroatoms. The quantitative estimate of drug-likeness (QED) is 0.839. The van der Waals surface area contributed by atoms with Crippen LogP contribution >= 0.6 is 0 Å². The molecule has 2 rings (SSSR count). The van der Waals surface area contributed by atoms with Crippen LogP contribution in [0.3, 0.4) is 0 Å². The van der Waals surface area contributed by atoms with Gasteiger partial charge in [0.05, 0.1) is 5.56 Å². The molecule has 1 fully saturated rings. The number of hydrogen-bond donors (Lipinski definition) is 2. The third kappa shape index (κ3) is 5.19. The fraction of sp³-hybridized carbons (Fsp3) is 0.500. The number of aromatic carboxylic acids is 1. The SMILES string of the molecule is O=C(CC1CCOCC1)NCCc1cccc(C(=O)O)c1. The van der Waals surface area contributed by atoms with Crippen molar-refractivity contribution in [3.05, 3.63) is 35.4 Å². The van der Waals surface area contributed by atoms with E-state index in [1.54, 1.807) is 18.2 Å². The smallest absolute Gasteiger partial charge is 0.335 e. The molecule has 1 amide bonds. The first-order chi connectivity index (χ1) is 10.1. The summed E-state index contributed by atoms with van der Waals surface area (Å²) >= 11 is 0. The predicted molar refractivity (Wildman–Crippen MR) is 78.3 cm³/mol. The van der Waals surface area contributed by atoms with Crippen LogP contribution in [0.15, 0.2) is 24.3 Å². The number of carbonyl (C=O) groups is 2. The summed E-state index contributed by atoms with van der Waals surface area (Å²) in [5.74, 6) is -0.439. The first-order valence-corrected chi connectivity index (χ1v) is 7.32. The van der Waals surface area contributed by atoms with Crippen molar-refractivity contribution in [2.24, 2.45) is 5.92 Å². The van der Waals surface area contributed by atoms with E-state index in [-0.39, 0.29) is 11.5 Å². The number of carbonyl (C=O) groups excluding carboxylic acids is 1. The average Bonchev–Trinajstić information content (AvgIpc) is 2.48. The Hall–Kier alpha value is -1.88. The fourth-order valence-electron chi connectivity index (χ4n) is 2.49. The Morgan fingerprint density at radius 1 is 1.29 bits per heavy atom. The Morgan fingerprint density at radius 2 is 2.05 bits per heavy atom. The van der Waals surface area contributed by atoms with Gasteiger partial charge >= 0.3 is 5.97 Å². The summed E-state index contributed by atoms with van der Waals surface area (Å²) < 4.78 is 5.27. The van der Waals surface area contributed by atoms with E-state index in [0.29, 0.717) is 25.3 Å². The Bertz CT molecular complexity index is 495. The highest BCUT2D eigenvalue weighted by molar-refractivity contribution is 5.87. The summed E-state index contributed by atoms with van der Waals surface area (Å²) in [6, 6.07) is 6.81. The van der Waals surface area contributed by atoms with Gasteiger partial charge in [-0.3, -0.25) is 4.79 Å². The number of rotatable bonds is 6. The Morgan fingerprint density at radius 3 is 2.76 bits per heavy atom. The van der Waals surface area contributed by atoms with E-state index in [1.165, 1.54) is 0 Å². The molecule has 0 atom stereocenters. The maximum absolute atomic E-state index is 11.8. The van der Waals surface area contributed by atoms with Crippen LogP contribution in [0.25, 0.3) is 0 Å². The minimum Gasteiger partial charge on any atom is -0.478 e. The second kappa shape index (κ2) is 7.78. The van der Waals surface area contributed by atoms with E-state index in [2.05, 4.69) is 5.32 Å². The van der Waals surface area contributed by atoms with E-state index in [9.17, 15) is 9.59 Å². The normalized spacial score (nSPS) is 15.6. The van der Waals surface area contributed by atoms with Gasteiger partial charge in [-0.25, -0.2) is 4.79 Å². The lowest BCUT2D eigenvalue weighted by molar-refractivity contribution is -0.122. The summed E-state index contributed by atoms with van der Waals surface area (Å²) in [5, 5.41) is 11.8. The molecule has 1 heterocycles. The molecular formula is C16H21NO4. The fourth-order valence-corrected chi connectivity index (χ4v) is 2.49. The number of ether oxygens (including phenoxy) is 1. The van der Waals surface area contributed by atoms with Crippen LogP contribution in [-0.4, -0.2) is 36.7 Å². The van der Waals surface area contributed by atoms with Gasteiger partial charge < -0.3 is 15.2 Å². The van der Waals surface area contributed by atoms with E-state index < -0.39 is 5.97 Å². The second-order valence-corrected chi connectivity index (χ2v) is 5.37. The molecule has 0 aliphatic carbocycles. The second-order valence-electron chi connectivity index (χ2n) is 5.37. The Kier molecular flexibility index (Phi) is 5.75. The minimum atomic E-state index is -0.930. The van der Waals surface area contributed by atoms with Crippen LogP contribution in [0.1, 0.15) is 35.2 Å². The maximum Gasteiger partial charge on any atom is 0.335 e. The number of hydrogen-bond acceptors (Lipinski definition) is 3. The van der Waals surface area contributed by atoms with E-state index in [0.717, 1.165) is 31.6 Å². The van der Waals surface area contributed by atoms with E-state index >= 15 is 0 Å². The minimum absolute atomic E-state index is 0.0660. The zero-order chi connectivity index (χ0) is 15.1. The number of amides is 1. The third-order valence-corrected chi connectivity index (χ3v) is 3.72. The molecule has 5 nitrogen and oxygen atoms in total. The maximum atomic E-state index is 11.8. The van der Waals surface area contributed by atoms with E-state index in [1.807, 2.05) is 6.07 Å². The lowest BCUT2D eigenvalue weighted by Crippen LogP contribution is -2.29. The molecule has 0 aromatic heterocycles. The van der Waals surface area contributed by atoms with Crippen molar-refractivity contribution < 1.29 is 19.4 Å². The average molecular weight is 291 g/mol. The molecule has 114 valence electrons. The van der Waals surface area contributed by atoms with Crippen molar-refractivity contribution >= 4 is 11.9 Å². The van der Waals surface area contributed by atoms with Crippen molar-refractivity contribution in [3.8, 4) is 0 Å². The van der Waals surface area contributed by atoms with Crippen molar-refractivity contribution in [2.45, 2.75) is 25.7 Å². The Balaban J connectivity index is 1.72. The summed E-state index contributed by atoms with van der Waals surface area (Å²) in [6.07, 6.45) is 3.10. The predicted octanol–water partition coefficient (Wildman–Crippen LogP) is 1.86. The van der Waals surface area contributed by atoms with Crippen LogP contribution in [0.4, 0.5) is 0 Å². The van der Waals surface area contributed by atoms with Crippen LogP contribution in [0, 0.1) is 5.92 Å². The zero-order valence-electron chi connectivity index (χ0n) is 12.0. The summed E-state index contributed by atoms with van der Waals surface area (Å²) in [4.78, 5) is 22.7. The number of carboxylic acid groups (broad SMARTS) is 1. The molecule has 1 aromatic carbocycles. The topological polar surface area (TPSA) is 75.6 Å². The molecule has 1 saturated heterocycles. The summed E-state index contributed by atoms with van der Waals surface area (Å²) in [6.45, 7) is 2.03. The van der Waals surface area contributed by atoms with Gasteiger partial charge in [0.25, 0.3) is 0 Å². The first-order valence-electron chi connectivity index (χ1n) is 7.32. The highest BCUT2D eigenvalue weighted by Gasteiger charge is 2.17. The molecule has 1 aromatic rings. The monoisotopic (exact) mass is 291 g/mol. The number of nitrogens with one attached hydrogen (secondary N) is 1. The van der Waals surface area contributed by atoms with Crippen LogP contribution < -0.4 is 5.32 Å². The van der Waals surface area contributed by atoms with Gasteiger partial charge in [-0.1, -0.05) is 12.1 Å². The number of benzene rings is 1. The van der Waals surface area contributed by atoms with Crippen molar-refractivity contribution in [1.82, 2.24) is 5.32 Å². The molecule has 21 heavy (non-hydrogen) atoms. The van der Waals surface area contributed by atoms with Crippen LogP contribution in [-0.2, 0) is 16.0 Å². The summed E-state index contributed by atoms with van der Waals surface area (Å²) in [5.41, 5.74) is 1.20. The molecule has 0 spiro atoms. The van der Waals surface area contributed by atoms with Crippen molar-refractivity contribution in [3.63, 3.8) is 0 Å². The van der Waals surface area contributed by atoms with Crippen LogP contribution in [0.5, 0.6) is 0 Å². The lowest BCUT2D eigenvalue weighted by Gasteiger charge is -2.21. The van der Waals surface area contributed by atoms with Gasteiger partial charge in [0.15, 0.2) is 0 Å². The molecule has 0 bridgehead atoms. The largest absolute Gasteiger partial charge is 0.478 e. The molecule has 0 saturated carbocycles. The van der Waals surface area contributed by atoms with Crippen molar-refractivity contribution in [1.29, 1.82) is 0 Å². The Labute approximate surface area is 124 Å². The molecule has 2 N–H and O–H groups in total. The van der Waals surface area contributed by atoms with Crippen molar-refractivity contribution in [2.75, 3.05) is 19.8 Å². The molecule has 1 aliphatic heterocycles. The molecule has 1 aliphatic rings. The van der Waals surface area contributed by atoms with Crippen LogP contribution in [0.2, 0.25) is 0 Å².